The Bertz CT molecular complexity index is 1410. The maximum absolute atomic E-state index is 12.9. The third-order valence-corrected chi connectivity index (χ3v) is 16.6. The molecule has 0 heterocycles. The molecule has 82 heavy (non-hydrogen) atoms. The summed E-state index contributed by atoms with van der Waals surface area (Å²) in [5.41, 5.74) is 0. The van der Waals surface area contributed by atoms with Crippen molar-refractivity contribution in [1.29, 1.82) is 0 Å². The number of carbonyl (C=O) groups excluding carboxylic acids is 3. The van der Waals surface area contributed by atoms with E-state index >= 15 is 0 Å². The molecule has 6 heteroatoms. The molecule has 0 spiro atoms. The summed E-state index contributed by atoms with van der Waals surface area (Å²) in [6, 6.07) is 0. The maximum atomic E-state index is 12.9. The van der Waals surface area contributed by atoms with Crippen LogP contribution in [0.25, 0.3) is 0 Å². The van der Waals surface area contributed by atoms with E-state index in [0.717, 1.165) is 64.2 Å². The molecule has 480 valence electrons. The standard InChI is InChI=1S/C76H140O6/c1-4-7-10-13-16-19-22-25-27-29-31-33-34-35-36-37-38-39-40-41-43-44-46-48-51-54-57-60-63-66-69-75(78)81-72-73(71-80-74(77)68-65-62-59-56-53-50-24-21-18-15-12-9-6-3)82-76(79)70-67-64-61-58-55-52-49-47-45-42-32-30-28-26-23-20-17-14-11-8-5-2/h9,12,18,21,50,53,59,62,73H,4-8,10-11,13-17,19-20,22-49,51-52,54-58,60-61,63-72H2,1-3H3/b12-9-,21-18-,53-50-,62-59-. The summed E-state index contributed by atoms with van der Waals surface area (Å²) in [6.45, 7) is 6.54. The van der Waals surface area contributed by atoms with Crippen LogP contribution < -0.4 is 0 Å². The van der Waals surface area contributed by atoms with Crippen molar-refractivity contribution in [1.82, 2.24) is 0 Å². The fraction of sp³-hybridized carbons (Fsp3) is 0.855. The Kier molecular flexibility index (Phi) is 68.6. The van der Waals surface area contributed by atoms with Crippen molar-refractivity contribution in [2.24, 2.45) is 0 Å². The molecular weight excluding hydrogens is 1010 g/mol. The Morgan fingerprint density at radius 1 is 0.256 bits per heavy atom. The second kappa shape index (κ2) is 70.9. The summed E-state index contributed by atoms with van der Waals surface area (Å²) in [7, 11) is 0. The minimum atomic E-state index is -0.800. The maximum Gasteiger partial charge on any atom is 0.306 e. The third kappa shape index (κ3) is 68.2. The smallest absolute Gasteiger partial charge is 0.306 e. The molecule has 0 amide bonds. The molecule has 0 fully saturated rings. The largest absolute Gasteiger partial charge is 0.462 e. The van der Waals surface area contributed by atoms with Crippen LogP contribution in [0.2, 0.25) is 0 Å². The van der Waals surface area contributed by atoms with Crippen LogP contribution in [0.4, 0.5) is 0 Å². The first-order valence-corrected chi connectivity index (χ1v) is 36.6. The minimum absolute atomic E-state index is 0.0897. The van der Waals surface area contributed by atoms with Crippen molar-refractivity contribution < 1.29 is 28.6 Å². The zero-order valence-corrected chi connectivity index (χ0v) is 55.3. The predicted octanol–water partition coefficient (Wildman–Crippen LogP) is 25.3. The lowest BCUT2D eigenvalue weighted by atomic mass is 10.0. The van der Waals surface area contributed by atoms with Gasteiger partial charge in [0.1, 0.15) is 13.2 Å². The second-order valence-electron chi connectivity index (χ2n) is 24.8. The number of hydrogen-bond acceptors (Lipinski definition) is 6. The average molecular weight is 1150 g/mol. The van der Waals surface area contributed by atoms with Crippen LogP contribution in [0.3, 0.4) is 0 Å². The first kappa shape index (κ1) is 79.4. The van der Waals surface area contributed by atoms with Gasteiger partial charge in [0.25, 0.3) is 0 Å². The molecule has 0 rings (SSSR count). The van der Waals surface area contributed by atoms with Gasteiger partial charge in [-0.3, -0.25) is 14.4 Å². The second-order valence-corrected chi connectivity index (χ2v) is 24.8. The molecule has 1 unspecified atom stereocenters. The Morgan fingerprint density at radius 3 is 0.744 bits per heavy atom. The number of ether oxygens (including phenoxy) is 3. The van der Waals surface area contributed by atoms with E-state index < -0.39 is 6.10 Å². The number of allylic oxidation sites excluding steroid dienone is 8. The average Bonchev–Trinajstić information content (AvgIpc) is 3.47. The van der Waals surface area contributed by atoms with E-state index in [1.54, 1.807) is 0 Å². The predicted molar refractivity (Wildman–Crippen MR) is 358 cm³/mol. The van der Waals surface area contributed by atoms with Crippen LogP contribution in [0, 0.1) is 0 Å². The lowest BCUT2D eigenvalue weighted by molar-refractivity contribution is -0.166. The molecule has 0 N–H and O–H groups in total. The van der Waals surface area contributed by atoms with Gasteiger partial charge in [-0.1, -0.05) is 384 Å². The van der Waals surface area contributed by atoms with Crippen LogP contribution in [-0.4, -0.2) is 37.2 Å². The van der Waals surface area contributed by atoms with Gasteiger partial charge >= 0.3 is 17.9 Å². The molecule has 1 atom stereocenters. The molecule has 0 aromatic carbocycles. The lowest BCUT2D eigenvalue weighted by Gasteiger charge is -2.18. The molecule has 6 nitrogen and oxygen atoms in total. The molecule has 0 aromatic rings. The molecule has 0 saturated heterocycles. The lowest BCUT2D eigenvalue weighted by Crippen LogP contribution is -2.30. The van der Waals surface area contributed by atoms with Gasteiger partial charge in [0.05, 0.1) is 0 Å². The quantitative estimate of drug-likeness (QED) is 0.0261. The van der Waals surface area contributed by atoms with Crippen molar-refractivity contribution in [3.05, 3.63) is 48.6 Å². The van der Waals surface area contributed by atoms with Crippen LogP contribution in [0.15, 0.2) is 48.6 Å². The van der Waals surface area contributed by atoms with E-state index in [0.29, 0.717) is 19.3 Å². The highest BCUT2D eigenvalue weighted by atomic mass is 16.6. The molecule has 0 aliphatic rings. The van der Waals surface area contributed by atoms with Gasteiger partial charge in [-0.15, -0.1) is 0 Å². The first-order chi connectivity index (χ1) is 40.5. The number of carbonyl (C=O) groups is 3. The van der Waals surface area contributed by atoms with Gasteiger partial charge in [0.2, 0.25) is 0 Å². The number of esters is 3. The Labute approximate surface area is 511 Å². The fourth-order valence-electron chi connectivity index (χ4n) is 11.2. The fourth-order valence-corrected chi connectivity index (χ4v) is 11.2. The number of rotatable bonds is 68. The van der Waals surface area contributed by atoms with Crippen LogP contribution >= 0.6 is 0 Å². The van der Waals surface area contributed by atoms with Crippen LogP contribution in [0.1, 0.15) is 400 Å². The summed E-state index contributed by atoms with van der Waals surface area (Å²) in [6.07, 6.45) is 90.5. The van der Waals surface area contributed by atoms with Gasteiger partial charge in [-0.25, -0.2) is 0 Å². The van der Waals surface area contributed by atoms with E-state index in [4.69, 9.17) is 14.2 Å². The summed E-state index contributed by atoms with van der Waals surface area (Å²) >= 11 is 0. The van der Waals surface area contributed by atoms with Crippen molar-refractivity contribution in [2.75, 3.05) is 13.2 Å². The van der Waals surface area contributed by atoms with Crippen LogP contribution in [-0.2, 0) is 28.6 Å². The van der Waals surface area contributed by atoms with E-state index in [1.165, 1.54) is 289 Å². The zero-order chi connectivity index (χ0) is 59.2. The van der Waals surface area contributed by atoms with E-state index in [2.05, 4.69) is 63.3 Å². The molecule has 0 aliphatic carbocycles. The first-order valence-electron chi connectivity index (χ1n) is 36.6. The number of hydrogen-bond donors (Lipinski definition) is 0. The van der Waals surface area contributed by atoms with Crippen molar-refractivity contribution in [3.8, 4) is 0 Å². The Hall–Kier alpha value is -2.63. The zero-order valence-electron chi connectivity index (χ0n) is 55.3. The summed E-state index contributed by atoms with van der Waals surface area (Å²) < 4.78 is 16.9. The molecule has 0 bridgehead atoms. The molecular formula is C76H140O6. The monoisotopic (exact) mass is 1150 g/mol. The minimum Gasteiger partial charge on any atom is -0.462 e. The van der Waals surface area contributed by atoms with Crippen molar-refractivity contribution in [3.63, 3.8) is 0 Å². The van der Waals surface area contributed by atoms with Gasteiger partial charge in [-0.2, -0.15) is 0 Å². The number of unbranched alkanes of at least 4 members (excludes halogenated alkanes) is 49. The Balaban J connectivity index is 4.18. The van der Waals surface area contributed by atoms with Gasteiger partial charge in [0.15, 0.2) is 6.10 Å². The third-order valence-electron chi connectivity index (χ3n) is 16.6. The topological polar surface area (TPSA) is 78.9 Å². The van der Waals surface area contributed by atoms with E-state index in [9.17, 15) is 14.4 Å². The van der Waals surface area contributed by atoms with Gasteiger partial charge in [0, 0.05) is 19.3 Å². The van der Waals surface area contributed by atoms with Crippen molar-refractivity contribution >= 4 is 17.9 Å². The Morgan fingerprint density at radius 2 is 0.476 bits per heavy atom. The highest BCUT2D eigenvalue weighted by Crippen LogP contribution is 2.19. The summed E-state index contributed by atoms with van der Waals surface area (Å²) in [4.78, 5) is 38.4. The molecule has 0 radical (unpaired) electrons. The van der Waals surface area contributed by atoms with Crippen molar-refractivity contribution in [2.45, 2.75) is 406 Å². The summed E-state index contributed by atoms with van der Waals surface area (Å²) in [5, 5.41) is 0. The molecule has 0 aliphatic heterocycles. The molecule has 0 aromatic heterocycles. The summed E-state index contributed by atoms with van der Waals surface area (Å²) in [5.74, 6) is -0.947. The van der Waals surface area contributed by atoms with E-state index in [-0.39, 0.29) is 37.5 Å². The van der Waals surface area contributed by atoms with Crippen LogP contribution in [0.5, 0.6) is 0 Å². The normalized spacial score (nSPS) is 12.3. The molecule has 0 saturated carbocycles. The van der Waals surface area contributed by atoms with Gasteiger partial charge < -0.3 is 14.2 Å². The highest BCUT2D eigenvalue weighted by molar-refractivity contribution is 5.71. The van der Waals surface area contributed by atoms with E-state index in [1.807, 2.05) is 6.08 Å². The SMILES string of the molecule is CC/C=C\C/C=C\C/C=C\C/C=C\CCC(=O)OCC(COC(=O)CCCCCCCCCCCCCCCCCCCCCCCCCCCCCCCC)OC(=O)CCCCCCCCCCCCCCCCCCCCCCC. The van der Waals surface area contributed by atoms with Gasteiger partial charge in [-0.05, 0) is 44.9 Å². The highest BCUT2D eigenvalue weighted by Gasteiger charge is 2.19.